The summed E-state index contributed by atoms with van der Waals surface area (Å²) in [4.78, 5) is 20.8. The maximum absolute atomic E-state index is 13.9. The third-order valence-electron chi connectivity index (χ3n) is 7.81. The molecule has 0 fully saturated rings. The zero-order chi connectivity index (χ0) is 28.8. The van der Waals surface area contributed by atoms with Crippen LogP contribution in [0.5, 0.6) is 0 Å². The van der Waals surface area contributed by atoms with Crippen LogP contribution in [-0.2, 0) is 0 Å². The van der Waals surface area contributed by atoms with Crippen molar-refractivity contribution in [2.75, 3.05) is 4.90 Å². The Hall–Kier alpha value is -5.94. The highest BCUT2D eigenvalue weighted by Gasteiger charge is 2.18. The SMILES string of the molecule is O=c1c2cc(N(c3cccc(-c4ccccc4)c3)c3cccc(-c4ccccc4)c3)ccc2nc2oc3ccccc3n12. The number of benzene rings is 6. The fourth-order valence-electron chi connectivity index (χ4n) is 5.76. The summed E-state index contributed by atoms with van der Waals surface area (Å²) < 4.78 is 7.46. The first-order valence-electron chi connectivity index (χ1n) is 14.2. The van der Waals surface area contributed by atoms with Crippen molar-refractivity contribution in [1.82, 2.24) is 9.38 Å². The van der Waals surface area contributed by atoms with Crippen LogP contribution >= 0.6 is 0 Å². The van der Waals surface area contributed by atoms with Crippen molar-refractivity contribution in [1.29, 1.82) is 0 Å². The van der Waals surface area contributed by atoms with Crippen LogP contribution in [0, 0.1) is 0 Å². The second-order valence-corrected chi connectivity index (χ2v) is 10.5. The van der Waals surface area contributed by atoms with E-state index in [0.717, 1.165) is 39.3 Å². The average Bonchev–Trinajstić information content (AvgIpc) is 3.45. The number of hydrogen-bond donors (Lipinski definition) is 0. The number of anilines is 3. The van der Waals surface area contributed by atoms with E-state index in [-0.39, 0.29) is 11.4 Å². The van der Waals surface area contributed by atoms with Crippen LogP contribution in [0.2, 0.25) is 0 Å². The summed E-state index contributed by atoms with van der Waals surface area (Å²) in [7, 11) is 0. The van der Waals surface area contributed by atoms with Crippen molar-refractivity contribution in [2.45, 2.75) is 0 Å². The highest BCUT2D eigenvalue weighted by Crippen LogP contribution is 2.39. The van der Waals surface area contributed by atoms with Crippen LogP contribution < -0.4 is 10.5 Å². The second-order valence-electron chi connectivity index (χ2n) is 10.5. The normalized spacial score (nSPS) is 11.3. The van der Waals surface area contributed by atoms with Gasteiger partial charge < -0.3 is 9.32 Å². The van der Waals surface area contributed by atoms with Gasteiger partial charge in [-0.2, -0.15) is 4.98 Å². The molecule has 8 aromatic rings. The fraction of sp³-hybridized carbons (Fsp3) is 0. The molecule has 0 bridgehead atoms. The summed E-state index contributed by atoms with van der Waals surface area (Å²) in [6.45, 7) is 0. The molecule has 43 heavy (non-hydrogen) atoms. The highest BCUT2D eigenvalue weighted by atomic mass is 16.4. The molecular formula is C38H25N3O2. The second kappa shape index (κ2) is 10.2. The Balaban J connectivity index is 1.35. The zero-order valence-corrected chi connectivity index (χ0v) is 23.1. The fourth-order valence-corrected chi connectivity index (χ4v) is 5.76. The number of oxazole rings is 1. The molecule has 0 aliphatic carbocycles. The van der Waals surface area contributed by atoms with Crippen LogP contribution in [-0.4, -0.2) is 9.38 Å². The Morgan fingerprint density at radius 1 is 0.535 bits per heavy atom. The molecule has 204 valence electrons. The van der Waals surface area contributed by atoms with E-state index in [1.54, 1.807) is 4.40 Å². The van der Waals surface area contributed by atoms with Gasteiger partial charge in [-0.1, -0.05) is 97.1 Å². The van der Waals surface area contributed by atoms with Gasteiger partial charge in [-0.15, -0.1) is 0 Å². The smallest absolute Gasteiger partial charge is 0.310 e. The topological polar surface area (TPSA) is 50.8 Å². The van der Waals surface area contributed by atoms with Crippen molar-refractivity contribution in [3.05, 3.63) is 162 Å². The van der Waals surface area contributed by atoms with Gasteiger partial charge in [0.2, 0.25) is 0 Å². The van der Waals surface area contributed by atoms with Gasteiger partial charge in [-0.05, 0) is 76.9 Å². The third-order valence-corrected chi connectivity index (χ3v) is 7.81. The third kappa shape index (κ3) is 4.35. The molecule has 0 aliphatic heterocycles. The van der Waals surface area contributed by atoms with E-state index < -0.39 is 0 Å². The molecule has 0 saturated carbocycles. The van der Waals surface area contributed by atoms with Crippen molar-refractivity contribution in [3.8, 4) is 22.3 Å². The van der Waals surface area contributed by atoms with Crippen LogP contribution in [0.15, 0.2) is 161 Å². The minimum Gasteiger partial charge on any atom is -0.423 e. The number of fused-ring (bicyclic) bond motifs is 4. The van der Waals surface area contributed by atoms with Gasteiger partial charge in [-0.3, -0.25) is 4.79 Å². The van der Waals surface area contributed by atoms with Gasteiger partial charge in [0, 0.05) is 17.1 Å². The van der Waals surface area contributed by atoms with Crippen molar-refractivity contribution < 1.29 is 4.42 Å². The summed E-state index contributed by atoms with van der Waals surface area (Å²) >= 11 is 0. The molecule has 2 aromatic heterocycles. The minimum atomic E-state index is -0.164. The molecule has 5 nitrogen and oxygen atoms in total. The number of hydrogen-bond acceptors (Lipinski definition) is 4. The Labute approximate surface area is 247 Å². The molecule has 0 saturated heterocycles. The first-order valence-corrected chi connectivity index (χ1v) is 14.2. The van der Waals surface area contributed by atoms with Crippen LogP contribution in [0.4, 0.5) is 17.1 Å². The predicted molar refractivity (Wildman–Crippen MR) is 174 cm³/mol. The number of nitrogens with zero attached hydrogens (tertiary/aromatic N) is 3. The summed E-state index contributed by atoms with van der Waals surface area (Å²) in [5, 5.41) is 0.519. The van der Waals surface area contributed by atoms with Crippen LogP contribution in [0.3, 0.4) is 0 Å². The lowest BCUT2D eigenvalue weighted by molar-refractivity contribution is 0.637. The van der Waals surface area contributed by atoms with Crippen LogP contribution in [0.25, 0.3) is 50.1 Å². The molecule has 5 heteroatoms. The van der Waals surface area contributed by atoms with E-state index in [2.05, 4.69) is 77.7 Å². The molecule has 0 amide bonds. The quantitative estimate of drug-likeness (QED) is 0.212. The monoisotopic (exact) mass is 555 g/mol. The molecule has 0 radical (unpaired) electrons. The Morgan fingerprint density at radius 3 is 1.74 bits per heavy atom. The van der Waals surface area contributed by atoms with Crippen molar-refractivity contribution in [2.24, 2.45) is 0 Å². The van der Waals surface area contributed by atoms with Crippen molar-refractivity contribution >= 4 is 44.9 Å². The zero-order valence-electron chi connectivity index (χ0n) is 23.1. The summed E-state index contributed by atoms with van der Waals surface area (Å²) in [6, 6.07) is 51.0. The molecule has 0 N–H and O–H groups in total. The lowest BCUT2D eigenvalue weighted by atomic mass is 10.0. The van der Waals surface area contributed by atoms with E-state index in [1.807, 2.05) is 78.9 Å². The van der Waals surface area contributed by atoms with Crippen molar-refractivity contribution in [3.63, 3.8) is 0 Å². The maximum Gasteiger partial charge on any atom is 0.310 e. The standard InChI is InChI=1S/C38H25N3O2/c42-37-33-25-32(21-22-34(33)39-38-41(37)35-19-7-8-20-36(35)43-38)40(30-17-9-15-28(23-30)26-11-3-1-4-12-26)31-18-10-16-29(24-31)27-13-5-2-6-14-27/h1-25H. The number of aromatic nitrogens is 2. The summed E-state index contributed by atoms with van der Waals surface area (Å²) in [6.07, 6.45) is 0. The summed E-state index contributed by atoms with van der Waals surface area (Å²) in [5.74, 6) is 0.287. The van der Waals surface area contributed by atoms with Gasteiger partial charge in [0.25, 0.3) is 5.56 Å². The van der Waals surface area contributed by atoms with Gasteiger partial charge in [0.1, 0.15) is 0 Å². The van der Waals surface area contributed by atoms with Gasteiger partial charge in [-0.25, -0.2) is 4.40 Å². The van der Waals surface area contributed by atoms with Gasteiger partial charge in [0.05, 0.1) is 16.4 Å². The molecule has 8 rings (SSSR count). The molecule has 0 atom stereocenters. The van der Waals surface area contributed by atoms with E-state index >= 15 is 0 Å². The lowest BCUT2D eigenvalue weighted by Gasteiger charge is -2.26. The summed E-state index contributed by atoms with van der Waals surface area (Å²) in [5.41, 5.74) is 9.05. The lowest BCUT2D eigenvalue weighted by Crippen LogP contribution is -2.15. The molecule has 0 unspecified atom stereocenters. The van der Waals surface area contributed by atoms with Gasteiger partial charge in [0.15, 0.2) is 5.58 Å². The minimum absolute atomic E-state index is 0.164. The largest absolute Gasteiger partial charge is 0.423 e. The molecule has 0 spiro atoms. The van der Waals surface area contributed by atoms with E-state index in [4.69, 9.17) is 9.40 Å². The molecule has 0 aliphatic rings. The number of rotatable bonds is 5. The first-order chi connectivity index (χ1) is 21.2. The molecule has 2 heterocycles. The first kappa shape index (κ1) is 24.8. The molecular weight excluding hydrogens is 530 g/mol. The average molecular weight is 556 g/mol. The predicted octanol–water partition coefficient (Wildman–Crippen LogP) is 9.40. The van der Waals surface area contributed by atoms with Gasteiger partial charge >= 0.3 is 5.84 Å². The molecule has 6 aromatic carbocycles. The van der Waals surface area contributed by atoms with E-state index in [1.165, 1.54) is 0 Å². The Kier molecular flexibility index (Phi) is 5.86. The van der Waals surface area contributed by atoms with E-state index in [9.17, 15) is 4.79 Å². The number of para-hydroxylation sites is 2. The highest BCUT2D eigenvalue weighted by molar-refractivity contribution is 5.90. The maximum atomic E-state index is 13.9. The Bertz CT molecular complexity index is 2240. The Morgan fingerprint density at radius 2 is 1.09 bits per heavy atom. The van der Waals surface area contributed by atoms with E-state index in [0.29, 0.717) is 22.0 Å². The van der Waals surface area contributed by atoms with Crippen LogP contribution in [0.1, 0.15) is 0 Å².